The molecule has 1 aliphatic rings. The zero-order valence-electron chi connectivity index (χ0n) is 12.2. The van der Waals surface area contributed by atoms with Crippen LogP contribution in [0.4, 0.5) is 0 Å². The molecular weight excluding hydrogens is 318 g/mol. The molecule has 1 saturated carbocycles. The van der Waals surface area contributed by atoms with Gasteiger partial charge in [-0.25, -0.2) is 0 Å². The molecule has 1 atom stereocenters. The van der Waals surface area contributed by atoms with E-state index in [-0.39, 0.29) is 0 Å². The van der Waals surface area contributed by atoms with Gasteiger partial charge in [0, 0.05) is 10.9 Å². The molecule has 1 aromatic heterocycles. The van der Waals surface area contributed by atoms with Crippen LogP contribution in [0.15, 0.2) is 9.85 Å². The predicted octanol–water partition coefficient (Wildman–Crippen LogP) is 5.83. The van der Waals surface area contributed by atoms with Gasteiger partial charge in [0.1, 0.15) is 0 Å². The maximum absolute atomic E-state index is 3.75. The van der Waals surface area contributed by atoms with Crippen molar-refractivity contribution in [3.05, 3.63) is 20.3 Å². The van der Waals surface area contributed by atoms with Crippen molar-refractivity contribution in [2.24, 2.45) is 5.92 Å². The molecule has 108 valence electrons. The van der Waals surface area contributed by atoms with Gasteiger partial charge in [-0.3, -0.25) is 0 Å². The van der Waals surface area contributed by atoms with Crippen LogP contribution in [0.5, 0.6) is 0 Å². The smallest absolute Gasteiger partial charge is 0.0704 e. The normalized spacial score (nSPS) is 18.1. The lowest BCUT2D eigenvalue weighted by Gasteiger charge is -2.20. The van der Waals surface area contributed by atoms with E-state index in [9.17, 15) is 0 Å². The third-order valence-corrected chi connectivity index (χ3v) is 5.85. The van der Waals surface area contributed by atoms with Crippen LogP contribution in [-0.2, 0) is 0 Å². The highest BCUT2D eigenvalue weighted by atomic mass is 79.9. The Morgan fingerprint density at radius 3 is 2.74 bits per heavy atom. The van der Waals surface area contributed by atoms with Gasteiger partial charge in [0.25, 0.3) is 0 Å². The second-order valence-corrected chi connectivity index (χ2v) is 8.43. The lowest BCUT2D eigenvalue weighted by Crippen LogP contribution is -2.22. The number of hydrogen-bond donors (Lipinski definition) is 1. The zero-order valence-corrected chi connectivity index (χ0v) is 14.6. The standard InChI is InChI=1S/C16H26BrNS/c1-3-10-18-15(9-8-13-6-4-5-7-13)14-11-16(17)19-12(14)2/h11,13,15,18H,3-10H2,1-2H3. The van der Waals surface area contributed by atoms with Crippen molar-refractivity contribution in [1.29, 1.82) is 0 Å². The molecule has 0 spiro atoms. The Hall–Kier alpha value is 0.140. The number of thiophene rings is 1. The lowest BCUT2D eigenvalue weighted by atomic mass is 9.95. The first kappa shape index (κ1) is 15.5. The molecule has 0 radical (unpaired) electrons. The highest BCUT2D eigenvalue weighted by Gasteiger charge is 2.20. The van der Waals surface area contributed by atoms with Crippen molar-refractivity contribution >= 4 is 27.3 Å². The molecule has 1 aliphatic carbocycles. The van der Waals surface area contributed by atoms with Crippen LogP contribution in [0, 0.1) is 12.8 Å². The van der Waals surface area contributed by atoms with E-state index < -0.39 is 0 Å². The van der Waals surface area contributed by atoms with E-state index in [0.717, 1.165) is 12.5 Å². The predicted molar refractivity (Wildman–Crippen MR) is 89.0 cm³/mol. The van der Waals surface area contributed by atoms with Gasteiger partial charge in [0.15, 0.2) is 0 Å². The van der Waals surface area contributed by atoms with E-state index in [0.29, 0.717) is 6.04 Å². The van der Waals surface area contributed by atoms with Crippen LogP contribution >= 0.6 is 27.3 Å². The Labute approximate surface area is 130 Å². The molecule has 1 nitrogen and oxygen atoms in total. The van der Waals surface area contributed by atoms with Gasteiger partial charge < -0.3 is 5.32 Å². The molecule has 0 bridgehead atoms. The van der Waals surface area contributed by atoms with Gasteiger partial charge in [0.2, 0.25) is 0 Å². The van der Waals surface area contributed by atoms with Crippen LogP contribution in [0.2, 0.25) is 0 Å². The van der Waals surface area contributed by atoms with Gasteiger partial charge in [0.05, 0.1) is 3.79 Å². The molecule has 1 N–H and O–H groups in total. The number of halogens is 1. The Morgan fingerprint density at radius 1 is 1.42 bits per heavy atom. The molecule has 0 aliphatic heterocycles. The highest BCUT2D eigenvalue weighted by molar-refractivity contribution is 9.11. The minimum atomic E-state index is 0.558. The molecule has 1 unspecified atom stereocenters. The van der Waals surface area contributed by atoms with E-state index in [2.05, 4.69) is 41.2 Å². The average molecular weight is 344 g/mol. The van der Waals surface area contributed by atoms with Crippen molar-refractivity contribution in [2.45, 2.75) is 64.8 Å². The molecule has 1 aromatic rings. The summed E-state index contributed by atoms with van der Waals surface area (Å²) in [4.78, 5) is 1.46. The summed E-state index contributed by atoms with van der Waals surface area (Å²) < 4.78 is 1.27. The van der Waals surface area contributed by atoms with Gasteiger partial charge in [-0.05, 0) is 66.2 Å². The molecular formula is C16H26BrNS. The summed E-state index contributed by atoms with van der Waals surface area (Å²) in [5.41, 5.74) is 1.52. The Balaban J connectivity index is 1.96. The van der Waals surface area contributed by atoms with Crippen LogP contribution < -0.4 is 5.32 Å². The average Bonchev–Trinajstić information content (AvgIpc) is 3.00. The lowest BCUT2D eigenvalue weighted by molar-refractivity contribution is 0.411. The Kier molecular flexibility index (Phi) is 6.37. The third-order valence-electron chi connectivity index (χ3n) is 4.28. The summed E-state index contributed by atoms with van der Waals surface area (Å²) in [5.74, 6) is 0.994. The molecule has 0 saturated heterocycles. The third kappa shape index (κ3) is 4.57. The fraction of sp³-hybridized carbons (Fsp3) is 0.750. The van der Waals surface area contributed by atoms with E-state index in [1.807, 2.05) is 11.3 Å². The fourth-order valence-corrected chi connectivity index (χ4v) is 4.96. The first-order chi connectivity index (χ1) is 9.20. The van der Waals surface area contributed by atoms with Crippen LogP contribution in [0.1, 0.15) is 68.4 Å². The van der Waals surface area contributed by atoms with Crippen LogP contribution in [0.3, 0.4) is 0 Å². The van der Waals surface area contributed by atoms with E-state index >= 15 is 0 Å². The fourth-order valence-electron chi connectivity index (χ4n) is 3.19. The maximum atomic E-state index is 3.75. The second-order valence-electron chi connectivity index (χ2n) is 5.80. The second kappa shape index (κ2) is 7.80. The summed E-state index contributed by atoms with van der Waals surface area (Å²) in [7, 11) is 0. The van der Waals surface area contributed by atoms with E-state index in [1.165, 1.54) is 59.2 Å². The topological polar surface area (TPSA) is 12.0 Å². The highest BCUT2D eigenvalue weighted by Crippen LogP contribution is 2.35. The first-order valence-corrected chi connectivity index (χ1v) is 9.31. The largest absolute Gasteiger partial charge is 0.310 e. The summed E-state index contributed by atoms with van der Waals surface area (Å²) in [5, 5.41) is 3.75. The van der Waals surface area contributed by atoms with Crippen LogP contribution in [-0.4, -0.2) is 6.54 Å². The summed E-state index contributed by atoms with van der Waals surface area (Å²) in [6.45, 7) is 5.63. The van der Waals surface area contributed by atoms with Gasteiger partial charge in [-0.1, -0.05) is 32.6 Å². The minimum absolute atomic E-state index is 0.558. The minimum Gasteiger partial charge on any atom is -0.310 e. The molecule has 1 fully saturated rings. The maximum Gasteiger partial charge on any atom is 0.0704 e. The van der Waals surface area contributed by atoms with Crippen molar-refractivity contribution in [3.8, 4) is 0 Å². The molecule has 0 amide bonds. The van der Waals surface area contributed by atoms with Gasteiger partial charge in [-0.15, -0.1) is 11.3 Å². The van der Waals surface area contributed by atoms with Crippen molar-refractivity contribution in [3.63, 3.8) is 0 Å². The SMILES string of the molecule is CCCNC(CCC1CCCC1)c1cc(Br)sc1C. The molecule has 2 rings (SSSR count). The Morgan fingerprint density at radius 2 is 2.16 bits per heavy atom. The van der Waals surface area contributed by atoms with Crippen LogP contribution in [0.25, 0.3) is 0 Å². The van der Waals surface area contributed by atoms with E-state index in [4.69, 9.17) is 0 Å². The zero-order chi connectivity index (χ0) is 13.7. The van der Waals surface area contributed by atoms with Crippen molar-refractivity contribution in [1.82, 2.24) is 5.32 Å². The first-order valence-electron chi connectivity index (χ1n) is 7.70. The number of hydrogen-bond acceptors (Lipinski definition) is 2. The number of rotatable bonds is 7. The molecule has 1 heterocycles. The van der Waals surface area contributed by atoms with E-state index in [1.54, 1.807) is 0 Å². The molecule has 3 heteroatoms. The summed E-state index contributed by atoms with van der Waals surface area (Å²) in [6, 6.07) is 2.88. The Bertz CT molecular complexity index is 382. The molecule has 0 aromatic carbocycles. The van der Waals surface area contributed by atoms with Crippen molar-refractivity contribution < 1.29 is 0 Å². The monoisotopic (exact) mass is 343 g/mol. The quantitative estimate of drug-likeness (QED) is 0.656. The van der Waals surface area contributed by atoms with Gasteiger partial charge >= 0.3 is 0 Å². The number of nitrogens with one attached hydrogen (secondary N) is 1. The van der Waals surface area contributed by atoms with Crippen molar-refractivity contribution in [2.75, 3.05) is 6.54 Å². The number of aryl methyl sites for hydroxylation is 1. The van der Waals surface area contributed by atoms with Gasteiger partial charge in [-0.2, -0.15) is 0 Å². The summed E-state index contributed by atoms with van der Waals surface area (Å²) in [6.07, 6.45) is 9.76. The molecule has 19 heavy (non-hydrogen) atoms. The summed E-state index contributed by atoms with van der Waals surface area (Å²) >= 11 is 5.49.